The lowest BCUT2D eigenvalue weighted by Gasteiger charge is -2.41. The Balaban J connectivity index is 1.50. The lowest BCUT2D eigenvalue weighted by molar-refractivity contribution is -0.138. The number of halogens is 2. The van der Waals surface area contributed by atoms with Gasteiger partial charge in [-0.2, -0.15) is 0 Å². The van der Waals surface area contributed by atoms with Gasteiger partial charge in [-0.1, -0.05) is 73.2 Å². The molecule has 1 fully saturated rings. The van der Waals surface area contributed by atoms with Gasteiger partial charge in [0.25, 0.3) is 0 Å². The summed E-state index contributed by atoms with van der Waals surface area (Å²) in [6.07, 6.45) is 5.70. The van der Waals surface area contributed by atoms with Crippen molar-refractivity contribution in [3.05, 3.63) is 75.3 Å². The monoisotopic (exact) mass is 572 g/mol. The molecular weight excluding hydrogens is 539 g/mol. The average molecular weight is 574 g/mol. The fourth-order valence-electron chi connectivity index (χ4n) is 6.16. The van der Waals surface area contributed by atoms with Crippen LogP contribution in [-0.2, 0) is 16.1 Å². The standard InChI is InChI=1S/C30H34Cl2N2O5/c31-22-11-9-19(15-23(22)32)17-34(26(36)12-10-18-5-1-2-6-18)24-16-21(30(38)33-13-14-35)27-20-7-3-4-8-25(20)39-29(27)28(24)37/h3-4,7-9,11,15-16,18,24,27-29,35,37H,1-2,5-6,10,12-14,17H2,(H,33,38). The summed E-state index contributed by atoms with van der Waals surface area (Å²) in [7, 11) is 0. The van der Waals surface area contributed by atoms with E-state index in [0.29, 0.717) is 33.7 Å². The molecule has 1 aliphatic heterocycles. The summed E-state index contributed by atoms with van der Waals surface area (Å²) in [5, 5.41) is 24.5. The first-order valence-corrected chi connectivity index (χ1v) is 14.4. The maximum Gasteiger partial charge on any atom is 0.247 e. The zero-order valence-corrected chi connectivity index (χ0v) is 23.2. The first-order chi connectivity index (χ1) is 18.9. The van der Waals surface area contributed by atoms with Crippen LogP contribution in [0.3, 0.4) is 0 Å². The van der Waals surface area contributed by atoms with Crippen molar-refractivity contribution >= 4 is 35.0 Å². The smallest absolute Gasteiger partial charge is 0.247 e. The van der Waals surface area contributed by atoms with E-state index in [2.05, 4.69) is 5.32 Å². The molecule has 3 N–H and O–H groups in total. The van der Waals surface area contributed by atoms with Gasteiger partial charge < -0.3 is 25.2 Å². The Bertz CT molecular complexity index is 1250. The Morgan fingerprint density at radius 3 is 2.59 bits per heavy atom. The third-order valence-corrected chi connectivity index (χ3v) is 8.87. The second-order valence-electron chi connectivity index (χ2n) is 10.6. The molecule has 0 spiro atoms. The molecule has 0 aromatic heterocycles. The van der Waals surface area contributed by atoms with Gasteiger partial charge in [0.05, 0.1) is 28.6 Å². The number of nitrogens with zero attached hydrogens (tertiary/aromatic N) is 1. The van der Waals surface area contributed by atoms with Crippen molar-refractivity contribution in [2.24, 2.45) is 5.92 Å². The maximum atomic E-state index is 13.8. The SMILES string of the molecule is O=C(NCCO)C1=CC(N(Cc2ccc(Cl)c(Cl)c2)C(=O)CCC2CCCC2)C(O)C2Oc3ccccc3C12. The van der Waals surface area contributed by atoms with Gasteiger partial charge in [0, 0.05) is 30.6 Å². The average Bonchev–Trinajstić information content (AvgIpc) is 3.60. The van der Waals surface area contributed by atoms with E-state index in [0.717, 1.165) is 30.4 Å². The zero-order valence-electron chi connectivity index (χ0n) is 21.7. The number of nitrogens with one attached hydrogen (secondary N) is 1. The van der Waals surface area contributed by atoms with Crippen LogP contribution in [-0.4, -0.2) is 58.3 Å². The first-order valence-electron chi connectivity index (χ1n) is 13.6. The maximum absolute atomic E-state index is 13.8. The predicted octanol–water partition coefficient (Wildman–Crippen LogP) is 4.62. The number of carbonyl (C=O) groups excluding carboxylic acids is 2. The van der Waals surface area contributed by atoms with Crippen molar-refractivity contribution in [1.82, 2.24) is 10.2 Å². The van der Waals surface area contributed by atoms with Gasteiger partial charge in [0.15, 0.2) is 0 Å². The number of fused-ring (bicyclic) bond motifs is 3. The van der Waals surface area contributed by atoms with E-state index >= 15 is 0 Å². The minimum Gasteiger partial charge on any atom is -0.486 e. The summed E-state index contributed by atoms with van der Waals surface area (Å²) in [5.41, 5.74) is 1.99. The van der Waals surface area contributed by atoms with E-state index < -0.39 is 24.2 Å². The van der Waals surface area contributed by atoms with Crippen LogP contribution in [0.1, 0.15) is 55.6 Å². The van der Waals surface area contributed by atoms with E-state index in [1.165, 1.54) is 12.8 Å². The molecule has 2 amide bonds. The van der Waals surface area contributed by atoms with Crippen molar-refractivity contribution in [1.29, 1.82) is 0 Å². The molecule has 2 aliphatic carbocycles. The number of ether oxygens (including phenoxy) is 1. The van der Waals surface area contributed by atoms with E-state index in [1.807, 2.05) is 30.3 Å². The Morgan fingerprint density at radius 2 is 1.85 bits per heavy atom. The summed E-state index contributed by atoms with van der Waals surface area (Å²) >= 11 is 12.4. The van der Waals surface area contributed by atoms with Gasteiger partial charge in [-0.05, 0) is 42.2 Å². The van der Waals surface area contributed by atoms with Crippen LogP contribution in [0, 0.1) is 5.92 Å². The molecule has 4 unspecified atom stereocenters. The van der Waals surface area contributed by atoms with E-state index in [1.54, 1.807) is 23.1 Å². The molecule has 2 aromatic carbocycles. The summed E-state index contributed by atoms with van der Waals surface area (Å²) in [4.78, 5) is 28.8. The lowest BCUT2D eigenvalue weighted by atomic mass is 9.77. The number of rotatable bonds is 9. The number of aliphatic hydroxyl groups is 2. The van der Waals surface area contributed by atoms with Gasteiger partial charge in [-0.25, -0.2) is 0 Å². The third-order valence-electron chi connectivity index (χ3n) is 8.14. The van der Waals surface area contributed by atoms with Crippen LogP contribution in [0.25, 0.3) is 0 Å². The van der Waals surface area contributed by atoms with Crippen molar-refractivity contribution < 1.29 is 24.5 Å². The highest BCUT2D eigenvalue weighted by Crippen LogP contribution is 2.47. The number of para-hydroxylation sites is 1. The fraction of sp³-hybridized carbons (Fsp3) is 0.467. The molecule has 2 aromatic rings. The molecule has 9 heteroatoms. The quantitative estimate of drug-likeness (QED) is 0.407. The Hall–Kier alpha value is -2.58. The van der Waals surface area contributed by atoms with E-state index in [9.17, 15) is 19.8 Å². The predicted molar refractivity (Wildman–Crippen MR) is 150 cm³/mol. The zero-order chi connectivity index (χ0) is 27.5. The molecule has 7 nitrogen and oxygen atoms in total. The van der Waals surface area contributed by atoms with Gasteiger partial charge in [-0.15, -0.1) is 0 Å². The summed E-state index contributed by atoms with van der Waals surface area (Å²) < 4.78 is 6.20. The molecule has 208 valence electrons. The summed E-state index contributed by atoms with van der Waals surface area (Å²) in [6.45, 7) is 0.0838. The molecular formula is C30H34Cl2N2O5. The van der Waals surface area contributed by atoms with E-state index in [-0.39, 0.29) is 31.5 Å². The number of aliphatic hydroxyl groups excluding tert-OH is 2. The van der Waals surface area contributed by atoms with Crippen LogP contribution in [0.4, 0.5) is 0 Å². The van der Waals surface area contributed by atoms with Gasteiger partial charge >= 0.3 is 0 Å². The molecule has 0 radical (unpaired) electrons. The van der Waals surface area contributed by atoms with Crippen molar-refractivity contribution in [2.45, 2.75) is 69.2 Å². The number of amides is 2. The van der Waals surface area contributed by atoms with Crippen LogP contribution < -0.4 is 10.1 Å². The molecule has 1 saturated carbocycles. The Kier molecular flexibility index (Phi) is 8.82. The lowest BCUT2D eigenvalue weighted by Crippen LogP contribution is -2.55. The molecule has 1 heterocycles. The number of benzene rings is 2. The normalized spacial score (nSPS) is 23.9. The highest BCUT2D eigenvalue weighted by atomic mass is 35.5. The minimum atomic E-state index is -1.07. The number of hydrogen-bond acceptors (Lipinski definition) is 5. The van der Waals surface area contributed by atoms with Gasteiger partial charge in [0.2, 0.25) is 11.8 Å². The fourth-order valence-corrected chi connectivity index (χ4v) is 6.48. The second-order valence-corrected chi connectivity index (χ2v) is 11.5. The molecule has 0 saturated heterocycles. The van der Waals surface area contributed by atoms with E-state index in [4.69, 9.17) is 27.9 Å². The number of hydrogen-bond donors (Lipinski definition) is 3. The van der Waals surface area contributed by atoms with Crippen molar-refractivity contribution in [3.8, 4) is 5.75 Å². The topological polar surface area (TPSA) is 99.1 Å². The third kappa shape index (κ3) is 5.97. The Morgan fingerprint density at radius 1 is 1.08 bits per heavy atom. The highest BCUT2D eigenvalue weighted by molar-refractivity contribution is 6.42. The second kappa shape index (κ2) is 12.3. The minimum absolute atomic E-state index is 0.0938. The molecule has 39 heavy (non-hydrogen) atoms. The molecule has 3 aliphatic rings. The largest absolute Gasteiger partial charge is 0.486 e. The van der Waals surface area contributed by atoms with Crippen molar-refractivity contribution in [2.75, 3.05) is 13.2 Å². The first kappa shape index (κ1) is 28.0. The number of carbonyl (C=O) groups is 2. The molecule has 4 atom stereocenters. The van der Waals surface area contributed by atoms with Crippen LogP contribution in [0.5, 0.6) is 5.75 Å². The summed E-state index contributed by atoms with van der Waals surface area (Å²) in [5.74, 6) is 0.189. The summed E-state index contributed by atoms with van der Waals surface area (Å²) in [6, 6.07) is 11.8. The van der Waals surface area contributed by atoms with Crippen molar-refractivity contribution in [3.63, 3.8) is 0 Å². The van der Waals surface area contributed by atoms with Crippen LogP contribution in [0.15, 0.2) is 54.1 Å². The van der Waals surface area contributed by atoms with Gasteiger partial charge in [0.1, 0.15) is 18.0 Å². The van der Waals surface area contributed by atoms with Crippen LogP contribution >= 0.6 is 23.2 Å². The van der Waals surface area contributed by atoms with Crippen LogP contribution in [0.2, 0.25) is 10.0 Å². The van der Waals surface area contributed by atoms with Gasteiger partial charge in [-0.3, -0.25) is 9.59 Å². The highest BCUT2D eigenvalue weighted by Gasteiger charge is 2.50. The molecule has 0 bridgehead atoms. The Labute approximate surface area is 238 Å². The molecule has 5 rings (SSSR count).